The van der Waals surface area contributed by atoms with Crippen LogP contribution in [0.2, 0.25) is 0 Å². The fourth-order valence-electron chi connectivity index (χ4n) is 4.07. The van der Waals surface area contributed by atoms with E-state index in [1.165, 1.54) is 11.1 Å². The summed E-state index contributed by atoms with van der Waals surface area (Å²) in [5, 5.41) is 4.95. The number of aryl methyl sites for hydroxylation is 1. The Kier molecular flexibility index (Phi) is 7.70. The highest BCUT2D eigenvalue weighted by atomic mass is 32.1. The van der Waals surface area contributed by atoms with E-state index in [2.05, 4.69) is 59.3 Å². The van der Waals surface area contributed by atoms with Crippen LogP contribution >= 0.6 is 12.2 Å². The first-order valence-corrected chi connectivity index (χ1v) is 12.0. The van der Waals surface area contributed by atoms with Gasteiger partial charge in [-0.05, 0) is 75.9 Å². The molecule has 180 valence electrons. The molecule has 0 atom stereocenters. The Morgan fingerprint density at radius 2 is 1.85 bits per heavy atom. The lowest BCUT2D eigenvalue weighted by molar-refractivity contribution is 0.174. The number of thiocarbonyl (C=S) groups is 1. The molecule has 3 aromatic rings. The predicted molar refractivity (Wildman–Crippen MR) is 140 cm³/mol. The number of pyridine rings is 1. The molecule has 0 spiro atoms. The molecule has 0 aliphatic carbocycles. The molecule has 7 nitrogen and oxygen atoms in total. The van der Waals surface area contributed by atoms with Crippen LogP contribution in [-0.4, -0.2) is 60.4 Å². The number of nitrogens with zero attached hydrogens (tertiary/aromatic N) is 2. The van der Waals surface area contributed by atoms with Gasteiger partial charge in [-0.25, -0.2) is 0 Å². The lowest BCUT2D eigenvalue weighted by Crippen LogP contribution is -2.42. The summed E-state index contributed by atoms with van der Waals surface area (Å²) in [6.45, 7) is 5.22. The smallest absolute Gasteiger partial charge is 0.253 e. The second-order valence-corrected chi connectivity index (χ2v) is 9.29. The van der Waals surface area contributed by atoms with Crippen LogP contribution in [0.15, 0.2) is 47.3 Å². The van der Waals surface area contributed by atoms with Gasteiger partial charge in [0.2, 0.25) is 6.79 Å². The minimum atomic E-state index is -0.123. The summed E-state index contributed by atoms with van der Waals surface area (Å²) in [5.41, 5.74) is 3.81. The second-order valence-electron chi connectivity index (χ2n) is 8.90. The molecule has 34 heavy (non-hydrogen) atoms. The zero-order valence-electron chi connectivity index (χ0n) is 20.0. The molecule has 8 heteroatoms. The molecule has 0 saturated carbocycles. The fourth-order valence-corrected chi connectivity index (χ4v) is 4.32. The maximum Gasteiger partial charge on any atom is 0.253 e. The van der Waals surface area contributed by atoms with E-state index in [0.29, 0.717) is 35.3 Å². The Balaban J connectivity index is 1.53. The van der Waals surface area contributed by atoms with Gasteiger partial charge in [0.1, 0.15) is 0 Å². The number of rotatable bonds is 9. The Hall–Kier alpha value is -3.10. The van der Waals surface area contributed by atoms with Gasteiger partial charge in [0.15, 0.2) is 16.6 Å². The normalized spacial score (nSPS) is 12.4. The van der Waals surface area contributed by atoms with E-state index in [-0.39, 0.29) is 12.4 Å². The molecule has 1 aromatic heterocycles. The fraction of sp³-hybridized carbons (Fsp3) is 0.385. The Morgan fingerprint density at radius 1 is 1.09 bits per heavy atom. The Bertz CT molecular complexity index is 1220. The van der Waals surface area contributed by atoms with Crippen molar-refractivity contribution in [1.82, 2.24) is 20.1 Å². The highest BCUT2D eigenvalue weighted by Crippen LogP contribution is 2.35. The van der Waals surface area contributed by atoms with Gasteiger partial charge >= 0.3 is 0 Å². The molecule has 1 aliphatic heterocycles. The number of nitrogens with one attached hydrogen (secondary N) is 2. The third kappa shape index (κ3) is 5.87. The number of H-pyrrole nitrogens is 1. The Labute approximate surface area is 205 Å². The van der Waals surface area contributed by atoms with Crippen molar-refractivity contribution in [2.75, 3.05) is 40.5 Å². The van der Waals surface area contributed by atoms with E-state index < -0.39 is 0 Å². The molecule has 0 fully saturated rings. The van der Waals surface area contributed by atoms with Gasteiger partial charge in [0, 0.05) is 30.1 Å². The zero-order chi connectivity index (χ0) is 24.1. The minimum absolute atomic E-state index is 0.123. The van der Waals surface area contributed by atoms with Crippen LogP contribution in [-0.2, 0) is 13.0 Å². The van der Waals surface area contributed by atoms with Crippen molar-refractivity contribution in [1.29, 1.82) is 0 Å². The van der Waals surface area contributed by atoms with Gasteiger partial charge in [-0.3, -0.25) is 4.79 Å². The van der Waals surface area contributed by atoms with Gasteiger partial charge in [-0.15, -0.1) is 0 Å². The highest BCUT2D eigenvalue weighted by molar-refractivity contribution is 7.80. The van der Waals surface area contributed by atoms with Crippen molar-refractivity contribution in [2.24, 2.45) is 0 Å². The molecule has 0 bridgehead atoms. The maximum atomic E-state index is 12.9. The summed E-state index contributed by atoms with van der Waals surface area (Å²) in [4.78, 5) is 20.2. The van der Waals surface area contributed by atoms with Crippen molar-refractivity contribution >= 4 is 28.2 Å². The largest absolute Gasteiger partial charge is 0.454 e. The molecule has 0 saturated heterocycles. The summed E-state index contributed by atoms with van der Waals surface area (Å²) in [6, 6.07) is 14.0. The lowest BCUT2D eigenvalue weighted by atomic mass is 10.1. The number of aromatic nitrogens is 1. The number of ether oxygens (including phenoxy) is 2. The third-order valence-corrected chi connectivity index (χ3v) is 6.44. The first kappa shape index (κ1) is 24.0. The van der Waals surface area contributed by atoms with Gasteiger partial charge in [0.25, 0.3) is 5.56 Å². The van der Waals surface area contributed by atoms with Crippen molar-refractivity contribution in [3.8, 4) is 11.5 Å². The molecule has 4 rings (SSSR count). The number of fused-ring (bicyclic) bond motifs is 2. The quantitative estimate of drug-likeness (QED) is 0.359. The van der Waals surface area contributed by atoms with Crippen LogP contribution in [0, 0.1) is 6.92 Å². The van der Waals surface area contributed by atoms with Crippen molar-refractivity contribution < 1.29 is 9.47 Å². The van der Waals surface area contributed by atoms with E-state index in [1.54, 1.807) is 0 Å². The molecule has 2 N–H and O–H groups in total. The van der Waals surface area contributed by atoms with Gasteiger partial charge in [-0.1, -0.05) is 24.3 Å². The van der Waals surface area contributed by atoms with E-state index in [9.17, 15) is 4.79 Å². The first-order valence-electron chi connectivity index (χ1n) is 11.6. The van der Waals surface area contributed by atoms with Crippen molar-refractivity contribution in [3.63, 3.8) is 0 Å². The van der Waals surface area contributed by atoms with E-state index in [4.69, 9.17) is 21.7 Å². The summed E-state index contributed by atoms with van der Waals surface area (Å²) >= 11 is 5.76. The number of hydrogen-bond donors (Lipinski definition) is 2. The van der Waals surface area contributed by atoms with Crippen LogP contribution in [0.1, 0.15) is 23.1 Å². The number of hydrogen-bond acceptors (Lipinski definition) is 5. The first-order chi connectivity index (χ1) is 16.4. The van der Waals surface area contributed by atoms with Crippen molar-refractivity contribution in [3.05, 3.63) is 69.5 Å². The average molecular weight is 481 g/mol. The van der Waals surface area contributed by atoms with E-state index >= 15 is 0 Å². The number of benzene rings is 2. The second kappa shape index (κ2) is 10.9. The lowest BCUT2D eigenvalue weighted by Gasteiger charge is -2.26. The molecule has 2 aromatic carbocycles. The van der Waals surface area contributed by atoms with Gasteiger partial charge < -0.3 is 29.6 Å². The summed E-state index contributed by atoms with van der Waals surface area (Å²) in [6.07, 6.45) is 1.83. The van der Waals surface area contributed by atoms with Crippen LogP contribution in [0.5, 0.6) is 11.5 Å². The average Bonchev–Trinajstić information content (AvgIpc) is 3.26. The van der Waals surface area contributed by atoms with Crippen LogP contribution < -0.4 is 20.3 Å². The SMILES string of the molecule is Cc1ccccc1CCN(Cc1cc2cc3c(cc2[nH]c1=O)OCO3)C(=S)NCCCN(C)C. The summed E-state index contributed by atoms with van der Waals surface area (Å²) < 4.78 is 10.9. The third-order valence-electron chi connectivity index (χ3n) is 6.03. The topological polar surface area (TPSA) is 69.8 Å². The molecule has 0 unspecified atom stereocenters. The predicted octanol–water partition coefficient (Wildman–Crippen LogP) is 3.44. The molecule has 2 heterocycles. The molecule has 1 aliphatic rings. The zero-order valence-corrected chi connectivity index (χ0v) is 20.8. The Morgan fingerprint density at radius 3 is 2.62 bits per heavy atom. The summed E-state index contributed by atoms with van der Waals surface area (Å²) in [7, 11) is 4.12. The van der Waals surface area contributed by atoms with Crippen LogP contribution in [0.4, 0.5) is 0 Å². The molecular formula is C26H32N4O3S. The standard InChI is InChI=1S/C26H32N4O3S/c1-18-7-4-5-8-19(18)9-12-30(26(34)27-10-6-11-29(2)3)16-21-13-20-14-23-24(33-17-32-23)15-22(20)28-25(21)31/h4-5,7-8,13-15H,6,9-12,16-17H2,1-3H3,(H,27,34)(H,28,31). The molecular weight excluding hydrogens is 448 g/mol. The van der Waals surface area contributed by atoms with Gasteiger partial charge in [-0.2, -0.15) is 0 Å². The van der Waals surface area contributed by atoms with E-state index in [0.717, 1.165) is 36.8 Å². The molecule has 0 radical (unpaired) electrons. The number of aromatic amines is 1. The monoisotopic (exact) mass is 480 g/mol. The summed E-state index contributed by atoms with van der Waals surface area (Å²) in [5.74, 6) is 1.35. The minimum Gasteiger partial charge on any atom is -0.454 e. The van der Waals surface area contributed by atoms with Crippen molar-refractivity contribution in [2.45, 2.75) is 26.3 Å². The van der Waals surface area contributed by atoms with E-state index in [1.807, 2.05) is 24.3 Å². The van der Waals surface area contributed by atoms with Crippen LogP contribution in [0.3, 0.4) is 0 Å². The molecule has 0 amide bonds. The van der Waals surface area contributed by atoms with Gasteiger partial charge in [0.05, 0.1) is 12.1 Å². The maximum absolute atomic E-state index is 12.9. The highest BCUT2D eigenvalue weighted by Gasteiger charge is 2.17. The van der Waals surface area contributed by atoms with Crippen LogP contribution in [0.25, 0.3) is 10.9 Å².